The van der Waals surface area contributed by atoms with Crippen molar-refractivity contribution in [1.82, 2.24) is 0 Å². The number of aryl methyl sites for hydroxylation is 2. The van der Waals surface area contributed by atoms with Gasteiger partial charge in [-0.05, 0) is 50.3 Å². The van der Waals surface area contributed by atoms with Crippen LogP contribution in [0.3, 0.4) is 0 Å². The maximum absolute atomic E-state index is 12.1. The van der Waals surface area contributed by atoms with Gasteiger partial charge in [-0.3, -0.25) is 4.79 Å². The lowest BCUT2D eigenvalue weighted by Gasteiger charge is -2.29. The molecule has 0 spiro atoms. The molecule has 0 bridgehead atoms. The Balaban J connectivity index is 1.97. The van der Waals surface area contributed by atoms with E-state index in [0.717, 1.165) is 35.9 Å². The smallest absolute Gasteiger partial charge is 0.336 e. The molecule has 1 aromatic heterocycles. The number of carbonyl (C=O) groups is 1. The maximum Gasteiger partial charge on any atom is 0.336 e. The van der Waals surface area contributed by atoms with Gasteiger partial charge in [0.25, 0.3) is 0 Å². The van der Waals surface area contributed by atoms with Gasteiger partial charge in [-0.1, -0.05) is 6.92 Å². The molecule has 6 heteroatoms. The number of phenols is 1. The Morgan fingerprint density at radius 1 is 1.37 bits per heavy atom. The van der Waals surface area contributed by atoms with E-state index in [1.54, 1.807) is 0 Å². The second kappa shape index (κ2) is 8.13. The number of fused-ring (bicyclic) bond motifs is 1. The number of likely N-dealkylation sites (tertiary alicyclic amines) is 1. The summed E-state index contributed by atoms with van der Waals surface area (Å²) in [7, 11) is 0. The highest BCUT2D eigenvalue weighted by Gasteiger charge is 2.31. The molecule has 1 unspecified atom stereocenters. The highest BCUT2D eigenvalue weighted by molar-refractivity contribution is 5.86. The number of benzene rings is 1. The average molecular weight is 374 g/mol. The molecule has 1 aromatic carbocycles. The average Bonchev–Trinajstić information content (AvgIpc) is 2.64. The molecule has 0 amide bonds. The SMILES string of the molecule is CCOC(=O)[C@H]1CCC[NH+](Cc2c(O)c(CC)cc3c(C)cc(=O)oc23)C1. The molecule has 146 valence electrons. The van der Waals surface area contributed by atoms with Gasteiger partial charge in [0, 0.05) is 11.5 Å². The van der Waals surface area contributed by atoms with Gasteiger partial charge < -0.3 is 19.2 Å². The van der Waals surface area contributed by atoms with E-state index in [-0.39, 0.29) is 17.6 Å². The number of carbonyl (C=O) groups excluding carboxylic acids is 1. The van der Waals surface area contributed by atoms with Gasteiger partial charge in [0.05, 0.1) is 25.3 Å². The number of nitrogens with one attached hydrogen (secondary N) is 1. The molecule has 6 nitrogen and oxygen atoms in total. The van der Waals surface area contributed by atoms with Gasteiger partial charge in [0.1, 0.15) is 18.2 Å². The van der Waals surface area contributed by atoms with E-state index in [9.17, 15) is 14.7 Å². The molecule has 0 aliphatic carbocycles. The molecular weight excluding hydrogens is 346 g/mol. The van der Waals surface area contributed by atoms with Crippen LogP contribution in [0, 0.1) is 12.8 Å². The number of aromatic hydroxyl groups is 1. The number of ether oxygens (including phenoxy) is 1. The molecule has 1 aliphatic rings. The molecule has 0 radical (unpaired) electrons. The summed E-state index contributed by atoms with van der Waals surface area (Å²) in [4.78, 5) is 25.2. The van der Waals surface area contributed by atoms with Crippen molar-refractivity contribution < 1.29 is 24.0 Å². The molecule has 1 saturated heterocycles. The monoisotopic (exact) mass is 374 g/mol. The summed E-state index contributed by atoms with van der Waals surface area (Å²) in [5, 5.41) is 11.7. The Hall–Kier alpha value is -2.34. The van der Waals surface area contributed by atoms with Crippen molar-refractivity contribution in [3.8, 4) is 5.75 Å². The third kappa shape index (κ3) is 4.00. The van der Waals surface area contributed by atoms with Gasteiger partial charge in [-0.25, -0.2) is 4.79 Å². The summed E-state index contributed by atoms with van der Waals surface area (Å²) in [6, 6.07) is 3.38. The molecular formula is C21H28NO5+. The standard InChI is InChI=1S/C21H27NO5/c1-4-14-10-16-13(3)9-18(23)27-20(16)17(19(14)24)12-22-8-6-7-15(11-22)21(25)26-5-2/h9-10,15,24H,4-8,11-12H2,1-3H3/p+1/t15-/m0/s1. The fourth-order valence-corrected chi connectivity index (χ4v) is 4.02. The van der Waals surface area contributed by atoms with E-state index in [2.05, 4.69) is 0 Å². The van der Waals surface area contributed by atoms with Crippen molar-refractivity contribution in [2.45, 2.75) is 46.6 Å². The van der Waals surface area contributed by atoms with E-state index >= 15 is 0 Å². The number of rotatable bonds is 5. The first kappa shape index (κ1) is 19.4. The van der Waals surface area contributed by atoms with Gasteiger partial charge >= 0.3 is 11.6 Å². The van der Waals surface area contributed by atoms with Crippen LogP contribution in [-0.4, -0.2) is 30.8 Å². The lowest BCUT2D eigenvalue weighted by Crippen LogP contribution is -3.12. The summed E-state index contributed by atoms with van der Waals surface area (Å²) in [6.45, 7) is 8.15. The first-order valence-corrected chi connectivity index (χ1v) is 9.72. The Labute approximate surface area is 158 Å². The first-order chi connectivity index (χ1) is 12.9. The van der Waals surface area contributed by atoms with Crippen LogP contribution < -0.4 is 10.5 Å². The molecule has 3 rings (SSSR count). The minimum atomic E-state index is -0.414. The van der Waals surface area contributed by atoms with E-state index in [4.69, 9.17) is 9.15 Å². The van der Waals surface area contributed by atoms with E-state index in [0.29, 0.717) is 37.3 Å². The van der Waals surface area contributed by atoms with E-state index in [1.165, 1.54) is 11.0 Å². The van der Waals surface area contributed by atoms with Gasteiger partial charge in [-0.2, -0.15) is 0 Å². The zero-order chi connectivity index (χ0) is 19.6. The van der Waals surface area contributed by atoms with Crippen LogP contribution in [0.2, 0.25) is 0 Å². The van der Waals surface area contributed by atoms with Crippen LogP contribution in [0.4, 0.5) is 0 Å². The van der Waals surface area contributed by atoms with Gasteiger partial charge in [0.15, 0.2) is 5.58 Å². The van der Waals surface area contributed by atoms with Crippen LogP contribution in [0.25, 0.3) is 11.0 Å². The molecule has 2 heterocycles. The highest BCUT2D eigenvalue weighted by Crippen LogP contribution is 2.32. The third-order valence-electron chi connectivity index (χ3n) is 5.43. The van der Waals surface area contributed by atoms with E-state index in [1.807, 2.05) is 26.8 Å². The van der Waals surface area contributed by atoms with Crippen molar-refractivity contribution in [3.05, 3.63) is 39.2 Å². The van der Waals surface area contributed by atoms with Gasteiger partial charge in [-0.15, -0.1) is 0 Å². The van der Waals surface area contributed by atoms with Crippen molar-refractivity contribution >= 4 is 16.9 Å². The molecule has 2 N–H and O–H groups in total. The van der Waals surface area contributed by atoms with Crippen molar-refractivity contribution in [2.24, 2.45) is 5.92 Å². The molecule has 0 saturated carbocycles. The maximum atomic E-state index is 12.1. The number of hydrogen-bond acceptors (Lipinski definition) is 5. The molecule has 2 aromatic rings. The number of hydrogen-bond donors (Lipinski definition) is 2. The molecule has 1 fully saturated rings. The van der Waals surface area contributed by atoms with Crippen LogP contribution in [-0.2, 0) is 22.5 Å². The normalized spacial score (nSPS) is 20.0. The summed E-state index contributed by atoms with van der Waals surface area (Å²) < 4.78 is 10.7. The van der Waals surface area contributed by atoms with E-state index < -0.39 is 5.63 Å². The lowest BCUT2D eigenvalue weighted by molar-refractivity contribution is -0.921. The van der Waals surface area contributed by atoms with Crippen LogP contribution in [0.5, 0.6) is 5.75 Å². The summed E-state index contributed by atoms with van der Waals surface area (Å²) >= 11 is 0. The van der Waals surface area contributed by atoms with Crippen LogP contribution in [0.1, 0.15) is 43.4 Å². The summed E-state index contributed by atoms with van der Waals surface area (Å²) in [5.74, 6) is -0.0665. The first-order valence-electron chi connectivity index (χ1n) is 9.72. The van der Waals surface area contributed by atoms with Crippen LogP contribution >= 0.6 is 0 Å². The molecule has 1 aliphatic heterocycles. The zero-order valence-corrected chi connectivity index (χ0v) is 16.3. The fourth-order valence-electron chi connectivity index (χ4n) is 4.02. The van der Waals surface area contributed by atoms with Crippen molar-refractivity contribution in [2.75, 3.05) is 19.7 Å². The Morgan fingerprint density at radius 3 is 2.85 bits per heavy atom. The topological polar surface area (TPSA) is 81.2 Å². The minimum absolute atomic E-state index is 0.120. The Kier molecular flexibility index (Phi) is 5.85. The van der Waals surface area contributed by atoms with Gasteiger partial charge in [0.2, 0.25) is 0 Å². The predicted molar refractivity (Wildman–Crippen MR) is 102 cm³/mol. The number of phenolic OH excluding ortho intramolecular Hbond substituents is 1. The predicted octanol–water partition coefficient (Wildman–Crippen LogP) is 1.73. The van der Waals surface area contributed by atoms with Crippen molar-refractivity contribution in [3.63, 3.8) is 0 Å². The van der Waals surface area contributed by atoms with Crippen LogP contribution in [0.15, 0.2) is 21.3 Å². The summed E-state index contributed by atoms with van der Waals surface area (Å²) in [6.07, 6.45) is 2.44. The van der Waals surface area contributed by atoms with Crippen molar-refractivity contribution in [1.29, 1.82) is 0 Å². The quantitative estimate of drug-likeness (QED) is 0.615. The number of piperidine rings is 1. The number of quaternary nitrogens is 1. The third-order valence-corrected chi connectivity index (χ3v) is 5.43. The fraction of sp³-hybridized carbons (Fsp3) is 0.524. The molecule has 2 atom stereocenters. The largest absolute Gasteiger partial charge is 0.507 e. The zero-order valence-electron chi connectivity index (χ0n) is 16.3. The second-order valence-corrected chi connectivity index (χ2v) is 7.31. The Morgan fingerprint density at radius 2 is 2.15 bits per heavy atom. The lowest BCUT2D eigenvalue weighted by atomic mass is 9.96. The summed E-state index contributed by atoms with van der Waals surface area (Å²) in [5.41, 5.74) is 2.39. The second-order valence-electron chi connectivity index (χ2n) is 7.31. The molecule has 27 heavy (non-hydrogen) atoms. The highest BCUT2D eigenvalue weighted by atomic mass is 16.5. The minimum Gasteiger partial charge on any atom is -0.507 e. The number of esters is 1. The Bertz CT molecular complexity index is 902.